The summed E-state index contributed by atoms with van der Waals surface area (Å²) in [6.07, 6.45) is 1.11. The molecule has 1 aromatic rings. The van der Waals surface area contributed by atoms with Gasteiger partial charge in [0.1, 0.15) is 0 Å². The summed E-state index contributed by atoms with van der Waals surface area (Å²) in [5, 5.41) is 3.35. The lowest BCUT2D eigenvalue weighted by atomic mass is 10.2. The zero-order chi connectivity index (χ0) is 13.0. The van der Waals surface area contributed by atoms with Crippen LogP contribution in [-0.4, -0.2) is 49.9 Å². The molecule has 1 N–H and O–H groups in total. The molecule has 0 saturated carbocycles. The highest BCUT2D eigenvalue weighted by molar-refractivity contribution is 5.38. The van der Waals surface area contributed by atoms with Crippen LogP contribution >= 0.6 is 0 Å². The van der Waals surface area contributed by atoms with Crippen LogP contribution in [0.4, 0.5) is 5.95 Å². The minimum atomic E-state index is 0.437. The molecule has 100 valence electrons. The van der Waals surface area contributed by atoms with Crippen molar-refractivity contribution in [2.75, 3.05) is 38.8 Å². The minimum Gasteiger partial charge on any atom is -0.481 e. The van der Waals surface area contributed by atoms with Gasteiger partial charge in [-0.2, -0.15) is 9.97 Å². The largest absolute Gasteiger partial charge is 0.481 e. The summed E-state index contributed by atoms with van der Waals surface area (Å²) in [7, 11) is 3.19. The van der Waals surface area contributed by atoms with Crippen molar-refractivity contribution >= 4 is 5.95 Å². The first-order chi connectivity index (χ1) is 8.78. The molecular formula is C12H20N4O2. The molecule has 1 fully saturated rings. The van der Waals surface area contributed by atoms with Crippen LogP contribution in [-0.2, 0) is 0 Å². The van der Waals surface area contributed by atoms with Crippen LogP contribution in [0.5, 0.6) is 11.8 Å². The number of likely N-dealkylation sites (N-methyl/N-ethyl adjacent to an activating group) is 1. The van der Waals surface area contributed by atoms with E-state index in [2.05, 4.69) is 27.1 Å². The number of nitrogens with zero attached hydrogens (tertiary/aromatic N) is 3. The summed E-state index contributed by atoms with van der Waals surface area (Å²) >= 11 is 0. The van der Waals surface area contributed by atoms with Crippen molar-refractivity contribution in [3.63, 3.8) is 0 Å². The van der Waals surface area contributed by atoms with Gasteiger partial charge in [-0.1, -0.05) is 0 Å². The summed E-state index contributed by atoms with van der Waals surface area (Å²) in [5.74, 6) is 1.73. The number of ether oxygens (including phenoxy) is 2. The average Bonchev–Trinajstić information content (AvgIpc) is 2.93. The predicted octanol–water partition coefficient (Wildman–Crippen LogP) is 0.682. The molecule has 1 saturated heterocycles. The molecule has 1 atom stereocenters. The van der Waals surface area contributed by atoms with Gasteiger partial charge in [-0.25, -0.2) is 0 Å². The maximum absolute atomic E-state index is 5.18. The van der Waals surface area contributed by atoms with E-state index in [9.17, 15) is 0 Å². The SMILES string of the molecule is CCN(c1nc(OC)cc(OC)n1)C1CCNC1. The molecule has 1 aliphatic heterocycles. The second kappa shape index (κ2) is 5.86. The Morgan fingerprint density at radius 2 is 2.00 bits per heavy atom. The van der Waals surface area contributed by atoms with E-state index in [1.807, 2.05) is 0 Å². The molecular weight excluding hydrogens is 232 g/mol. The third-order valence-corrected chi connectivity index (χ3v) is 3.16. The molecule has 0 amide bonds. The number of rotatable bonds is 5. The molecule has 18 heavy (non-hydrogen) atoms. The van der Waals surface area contributed by atoms with E-state index >= 15 is 0 Å². The predicted molar refractivity (Wildman–Crippen MR) is 69.4 cm³/mol. The van der Waals surface area contributed by atoms with E-state index in [0.29, 0.717) is 23.8 Å². The van der Waals surface area contributed by atoms with Crippen molar-refractivity contribution in [1.29, 1.82) is 0 Å². The molecule has 0 aromatic carbocycles. The molecule has 6 heteroatoms. The Kier molecular flexibility index (Phi) is 4.19. The summed E-state index contributed by atoms with van der Waals surface area (Å²) in [5.41, 5.74) is 0. The molecule has 1 aromatic heterocycles. The van der Waals surface area contributed by atoms with Gasteiger partial charge in [0, 0.05) is 19.1 Å². The van der Waals surface area contributed by atoms with Crippen molar-refractivity contribution in [2.24, 2.45) is 0 Å². The van der Waals surface area contributed by atoms with Crippen molar-refractivity contribution in [1.82, 2.24) is 15.3 Å². The molecule has 1 aliphatic rings. The first kappa shape index (κ1) is 12.9. The van der Waals surface area contributed by atoms with Crippen LogP contribution in [0.15, 0.2) is 6.07 Å². The highest BCUT2D eigenvalue weighted by Gasteiger charge is 2.24. The average molecular weight is 252 g/mol. The fraction of sp³-hybridized carbons (Fsp3) is 0.667. The lowest BCUT2D eigenvalue weighted by molar-refractivity contribution is 0.371. The standard InChI is InChI=1S/C12H20N4O2/c1-4-16(9-5-6-13-8-9)12-14-10(17-2)7-11(15-12)18-3/h7,9,13H,4-6,8H2,1-3H3. The second-order valence-corrected chi connectivity index (χ2v) is 4.19. The van der Waals surface area contributed by atoms with Gasteiger partial charge < -0.3 is 19.7 Å². The Morgan fingerprint density at radius 3 is 2.44 bits per heavy atom. The lowest BCUT2D eigenvalue weighted by Crippen LogP contribution is -2.38. The molecule has 1 unspecified atom stereocenters. The van der Waals surface area contributed by atoms with Crippen molar-refractivity contribution < 1.29 is 9.47 Å². The summed E-state index contributed by atoms with van der Waals surface area (Å²) < 4.78 is 10.4. The van der Waals surface area contributed by atoms with Crippen molar-refractivity contribution in [3.05, 3.63) is 6.07 Å². The van der Waals surface area contributed by atoms with Crippen molar-refractivity contribution in [3.8, 4) is 11.8 Å². The Morgan fingerprint density at radius 1 is 1.33 bits per heavy atom. The van der Waals surface area contributed by atoms with E-state index < -0.39 is 0 Å². The summed E-state index contributed by atoms with van der Waals surface area (Å²) in [6, 6.07) is 2.12. The molecule has 0 radical (unpaired) electrons. The van der Waals surface area contributed by atoms with E-state index in [1.54, 1.807) is 20.3 Å². The van der Waals surface area contributed by atoms with E-state index in [1.165, 1.54) is 0 Å². The van der Waals surface area contributed by atoms with Gasteiger partial charge in [0.15, 0.2) is 0 Å². The third kappa shape index (κ3) is 2.64. The first-order valence-electron chi connectivity index (χ1n) is 6.23. The Hall–Kier alpha value is -1.56. The number of anilines is 1. The quantitative estimate of drug-likeness (QED) is 0.831. The van der Waals surface area contributed by atoms with Crippen LogP contribution in [0.25, 0.3) is 0 Å². The van der Waals surface area contributed by atoms with Crippen LogP contribution in [0.2, 0.25) is 0 Å². The van der Waals surface area contributed by atoms with E-state index in [4.69, 9.17) is 9.47 Å². The molecule has 2 rings (SSSR count). The van der Waals surface area contributed by atoms with Crippen LogP contribution in [0.3, 0.4) is 0 Å². The smallest absolute Gasteiger partial charge is 0.232 e. The monoisotopic (exact) mass is 252 g/mol. The fourth-order valence-corrected chi connectivity index (χ4v) is 2.20. The summed E-state index contributed by atoms with van der Waals surface area (Å²) in [4.78, 5) is 11.0. The number of nitrogens with one attached hydrogen (secondary N) is 1. The van der Waals surface area contributed by atoms with Gasteiger partial charge in [0.2, 0.25) is 17.7 Å². The third-order valence-electron chi connectivity index (χ3n) is 3.16. The fourth-order valence-electron chi connectivity index (χ4n) is 2.20. The van der Waals surface area contributed by atoms with Gasteiger partial charge >= 0.3 is 0 Å². The molecule has 2 heterocycles. The summed E-state index contributed by atoms with van der Waals surface area (Å²) in [6.45, 7) is 4.98. The molecule has 0 spiro atoms. The van der Waals surface area contributed by atoms with Gasteiger partial charge in [0.25, 0.3) is 0 Å². The second-order valence-electron chi connectivity index (χ2n) is 4.19. The van der Waals surface area contributed by atoms with Crippen molar-refractivity contribution in [2.45, 2.75) is 19.4 Å². The Labute approximate surface area is 107 Å². The normalized spacial score (nSPS) is 18.7. The zero-order valence-electron chi connectivity index (χ0n) is 11.1. The highest BCUT2D eigenvalue weighted by atomic mass is 16.5. The van der Waals surface area contributed by atoms with Gasteiger partial charge in [-0.15, -0.1) is 0 Å². The van der Waals surface area contributed by atoms with Gasteiger partial charge in [0.05, 0.1) is 20.3 Å². The lowest BCUT2D eigenvalue weighted by Gasteiger charge is -2.27. The highest BCUT2D eigenvalue weighted by Crippen LogP contribution is 2.22. The Balaban J connectivity index is 2.28. The van der Waals surface area contributed by atoms with E-state index in [0.717, 1.165) is 26.1 Å². The zero-order valence-corrected chi connectivity index (χ0v) is 11.1. The number of hydrogen-bond donors (Lipinski definition) is 1. The minimum absolute atomic E-state index is 0.437. The topological polar surface area (TPSA) is 59.5 Å². The molecule has 0 bridgehead atoms. The number of hydrogen-bond acceptors (Lipinski definition) is 6. The van der Waals surface area contributed by atoms with Gasteiger partial charge in [-0.3, -0.25) is 0 Å². The first-order valence-corrected chi connectivity index (χ1v) is 6.23. The Bertz CT molecular complexity index is 371. The van der Waals surface area contributed by atoms with Crippen LogP contribution in [0.1, 0.15) is 13.3 Å². The maximum Gasteiger partial charge on any atom is 0.232 e. The molecule has 6 nitrogen and oxygen atoms in total. The number of methoxy groups -OCH3 is 2. The van der Waals surface area contributed by atoms with Crippen LogP contribution < -0.4 is 19.7 Å². The van der Waals surface area contributed by atoms with E-state index in [-0.39, 0.29) is 0 Å². The molecule has 0 aliphatic carbocycles. The maximum atomic E-state index is 5.18. The van der Waals surface area contributed by atoms with Crippen LogP contribution in [0, 0.1) is 0 Å². The number of aromatic nitrogens is 2. The van der Waals surface area contributed by atoms with Gasteiger partial charge in [-0.05, 0) is 19.9 Å².